The van der Waals surface area contributed by atoms with Gasteiger partial charge in [-0.1, -0.05) is 37.8 Å². The van der Waals surface area contributed by atoms with Gasteiger partial charge in [-0.15, -0.1) is 0 Å². The van der Waals surface area contributed by atoms with E-state index in [2.05, 4.69) is 24.1 Å². The van der Waals surface area contributed by atoms with E-state index in [9.17, 15) is 14.7 Å². The molecule has 2 saturated heterocycles. The smallest absolute Gasteiger partial charge is 0.317 e. The van der Waals surface area contributed by atoms with Gasteiger partial charge in [0.05, 0.1) is 18.7 Å². The molecule has 3 rings (SSSR count). The van der Waals surface area contributed by atoms with Crippen LogP contribution in [-0.4, -0.2) is 65.2 Å². The number of hydrogen-bond donors (Lipinski definition) is 2. The SMILES string of the molecule is CCCC#Cc1ccc([C@H]2[C@H](CO)N3C(=O)CN(C(=O)NCCC)C[C@@H]23)cc1. The van der Waals surface area contributed by atoms with Crippen molar-refractivity contribution in [3.05, 3.63) is 35.4 Å². The molecule has 0 bridgehead atoms. The van der Waals surface area contributed by atoms with Crippen molar-refractivity contribution in [2.24, 2.45) is 0 Å². The number of carbonyl (C=O) groups is 2. The first-order valence-corrected chi connectivity index (χ1v) is 10.1. The van der Waals surface area contributed by atoms with Crippen molar-refractivity contribution in [2.75, 3.05) is 26.2 Å². The maximum Gasteiger partial charge on any atom is 0.317 e. The molecule has 0 radical (unpaired) electrons. The van der Waals surface area contributed by atoms with Crippen LogP contribution in [0.2, 0.25) is 0 Å². The zero-order chi connectivity index (χ0) is 20.1. The Morgan fingerprint density at radius 2 is 2.00 bits per heavy atom. The van der Waals surface area contributed by atoms with E-state index >= 15 is 0 Å². The molecule has 2 fully saturated rings. The number of amides is 3. The molecule has 2 aliphatic rings. The van der Waals surface area contributed by atoms with Gasteiger partial charge in [-0.25, -0.2) is 4.79 Å². The van der Waals surface area contributed by atoms with E-state index in [4.69, 9.17) is 0 Å². The van der Waals surface area contributed by atoms with Gasteiger partial charge in [-0.2, -0.15) is 0 Å². The minimum Gasteiger partial charge on any atom is -0.394 e. The summed E-state index contributed by atoms with van der Waals surface area (Å²) in [5.41, 5.74) is 2.04. The Morgan fingerprint density at radius 1 is 1.25 bits per heavy atom. The molecule has 2 N–H and O–H groups in total. The molecule has 6 heteroatoms. The van der Waals surface area contributed by atoms with Crippen molar-refractivity contribution in [2.45, 2.75) is 51.1 Å². The van der Waals surface area contributed by atoms with Crippen molar-refractivity contribution in [1.29, 1.82) is 0 Å². The summed E-state index contributed by atoms with van der Waals surface area (Å²) >= 11 is 0. The van der Waals surface area contributed by atoms with Gasteiger partial charge in [-0.3, -0.25) is 4.79 Å². The Kier molecular flexibility index (Phi) is 6.58. The number of aliphatic hydroxyl groups excluding tert-OH is 1. The summed E-state index contributed by atoms with van der Waals surface area (Å²) in [4.78, 5) is 28.2. The highest BCUT2D eigenvalue weighted by molar-refractivity contribution is 5.87. The molecular weight excluding hydrogens is 354 g/mol. The number of nitrogens with zero attached hydrogens (tertiary/aromatic N) is 2. The molecule has 0 spiro atoms. The lowest BCUT2D eigenvalue weighted by Crippen LogP contribution is -2.73. The fourth-order valence-electron chi connectivity index (χ4n) is 4.08. The van der Waals surface area contributed by atoms with Crippen molar-refractivity contribution in [3.8, 4) is 11.8 Å². The third-order valence-electron chi connectivity index (χ3n) is 5.47. The average molecular weight is 383 g/mol. The predicted molar refractivity (Wildman–Crippen MR) is 108 cm³/mol. The topological polar surface area (TPSA) is 72.9 Å². The lowest BCUT2D eigenvalue weighted by molar-refractivity contribution is -0.159. The highest BCUT2D eigenvalue weighted by atomic mass is 16.3. The molecule has 2 aliphatic heterocycles. The van der Waals surface area contributed by atoms with Gasteiger partial charge in [0.15, 0.2) is 0 Å². The lowest BCUT2D eigenvalue weighted by atomic mass is 9.73. The number of aliphatic hydroxyl groups is 1. The highest BCUT2D eigenvalue weighted by Crippen LogP contribution is 2.42. The summed E-state index contributed by atoms with van der Waals surface area (Å²) in [6.45, 7) is 5.18. The number of carbonyl (C=O) groups excluding carboxylic acids is 2. The fraction of sp³-hybridized carbons (Fsp3) is 0.545. The van der Waals surface area contributed by atoms with Crippen LogP contribution in [0.4, 0.5) is 4.79 Å². The maximum atomic E-state index is 12.6. The first-order valence-electron chi connectivity index (χ1n) is 10.1. The molecule has 0 saturated carbocycles. The summed E-state index contributed by atoms with van der Waals surface area (Å²) in [7, 11) is 0. The molecule has 0 unspecified atom stereocenters. The zero-order valence-corrected chi connectivity index (χ0v) is 16.6. The van der Waals surface area contributed by atoms with Crippen molar-refractivity contribution < 1.29 is 14.7 Å². The standard InChI is InChI=1S/C22H29N3O3/c1-3-5-6-7-16-8-10-17(11-9-16)21-18-13-24(22(28)23-12-4-2)14-20(27)25(18)19(21)15-26/h8-11,18-19,21,26H,3-5,12-15H2,1-2H3,(H,23,28)/t18-,19-,21+/m0/s1. The molecule has 0 aromatic heterocycles. The van der Waals surface area contributed by atoms with Crippen LogP contribution in [0.3, 0.4) is 0 Å². The largest absolute Gasteiger partial charge is 0.394 e. The second-order valence-electron chi connectivity index (χ2n) is 7.43. The molecule has 2 heterocycles. The Hall–Kier alpha value is -2.52. The van der Waals surface area contributed by atoms with Crippen LogP contribution in [0, 0.1) is 11.8 Å². The monoisotopic (exact) mass is 383 g/mol. The molecule has 0 aliphatic carbocycles. The summed E-state index contributed by atoms with van der Waals surface area (Å²) in [5, 5.41) is 12.7. The quantitative estimate of drug-likeness (QED) is 0.763. The zero-order valence-electron chi connectivity index (χ0n) is 16.6. The number of rotatable bonds is 5. The van der Waals surface area contributed by atoms with Gasteiger partial charge in [0, 0.05) is 31.0 Å². The van der Waals surface area contributed by atoms with Gasteiger partial charge in [0.25, 0.3) is 0 Å². The van der Waals surface area contributed by atoms with E-state index in [1.54, 1.807) is 9.80 Å². The average Bonchev–Trinajstić information content (AvgIpc) is 2.69. The van der Waals surface area contributed by atoms with Crippen molar-refractivity contribution in [1.82, 2.24) is 15.1 Å². The summed E-state index contributed by atoms with van der Waals surface area (Å²) in [6, 6.07) is 7.53. The van der Waals surface area contributed by atoms with E-state index in [1.165, 1.54) is 0 Å². The van der Waals surface area contributed by atoms with E-state index in [-0.39, 0.29) is 43.1 Å². The van der Waals surface area contributed by atoms with Crippen molar-refractivity contribution >= 4 is 11.9 Å². The Bertz CT molecular complexity index is 765. The third kappa shape index (κ3) is 4.00. The van der Waals surface area contributed by atoms with Crippen LogP contribution in [0.5, 0.6) is 0 Å². The second-order valence-corrected chi connectivity index (χ2v) is 7.43. The maximum absolute atomic E-state index is 12.6. The third-order valence-corrected chi connectivity index (χ3v) is 5.47. The number of piperazine rings is 1. The number of urea groups is 1. The van der Waals surface area contributed by atoms with Crippen molar-refractivity contribution in [3.63, 3.8) is 0 Å². The molecule has 150 valence electrons. The van der Waals surface area contributed by atoms with Gasteiger partial charge >= 0.3 is 6.03 Å². The minimum atomic E-state index is -0.227. The van der Waals surface area contributed by atoms with Crippen LogP contribution in [0.25, 0.3) is 0 Å². The predicted octanol–water partition coefficient (Wildman–Crippen LogP) is 1.93. The molecule has 3 atom stereocenters. The fourth-order valence-corrected chi connectivity index (χ4v) is 4.08. The van der Waals surface area contributed by atoms with Gasteiger partial charge in [0.1, 0.15) is 6.54 Å². The Morgan fingerprint density at radius 3 is 2.64 bits per heavy atom. The van der Waals surface area contributed by atoms with Crippen LogP contribution >= 0.6 is 0 Å². The van der Waals surface area contributed by atoms with Crippen LogP contribution in [-0.2, 0) is 4.79 Å². The first-order chi connectivity index (χ1) is 13.6. The van der Waals surface area contributed by atoms with Crippen LogP contribution in [0.15, 0.2) is 24.3 Å². The van der Waals surface area contributed by atoms with E-state index < -0.39 is 0 Å². The normalized spacial score (nSPS) is 23.4. The molecule has 28 heavy (non-hydrogen) atoms. The van der Waals surface area contributed by atoms with Gasteiger partial charge < -0.3 is 20.2 Å². The van der Waals surface area contributed by atoms with Gasteiger partial charge in [0.2, 0.25) is 5.91 Å². The number of hydrogen-bond acceptors (Lipinski definition) is 3. The summed E-state index contributed by atoms with van der Waals surface area (Å²) in [5.74, 6) is 6.22. The van der Waals surface area contributed by atoms with Gasteiger partial charge in [-0.05, 0) is 30.5 Å². The number of nitrogens with one attached hydrogen (secondary N) is 1. The highest BCUT2D eigenvalue weighted by Gasteiger charge is 2.54. The molecule has 1 aromatic rings. The van der Waals surface area contributed by atoms with Crippen LogP contribution < -0.4 is 5.32 Å². The van der Waals surface area contributed by atoms with E-state index in [0.29, 0.717) is 13.1 Å². The van der Waals surface area contributed by atoms with Crippen LogP contribution in [0.1, 0.15) is 50.2 Å². The lowest BCUT2D eigenvalue weighted by Gasteiger charge is -2.58. The molecular formula is C22H29N3O3. The minimum absolute atomic E-state index is 0.0216. The van der Waals surface area contributed by atoms with E-state index in [1.807, 2.05) is 31.2 Å². The molecule has 6 nitrogen and oxygen atoms in total. The second kappa shape index (κ2) is 9.11. The number of unbranched alkanes of at least 4 members (excludes halogenated alkanes) is 1. The van der Waals surface area contributed by atoms with E-state index in [0.717, 1.165) is 30.4 Å². The Balaban J connectivity index is 1.75. The Labute approximate surface area is 166 Å². The summed E-state index contributed by atoms with van der Waals surface area (Å²) in [6.07, 6.45) is 2.77. The molecule has 3 amide bonds. The number of fused-ring (bicyclic) bond motifs is 1. The first kappa shape index (κ1) is 20.2. The summed E-state index contributed by atoms with van der Waals surface area (Å²) < 4.78 is 0. The molecule has 1 aromatic carbocycles. The number of benzene rings is 1.